The van der Waals surface area contributed by atoms with Gasteiger partial charge < -0.3 is 25.4 Å². The van der Waals surface area contributed by atoms with E-state index in [0.717, 1.165) is 25.5 Å². The van der Waals surface area contributed by atoms with Crippen molar-refractivity contribution in [2.75, 3.05) is 26.2 Å². The van der Waals surface area contributed by atoms with E-state index in [2.05, 4.69) is 20.5 Å². The Bertz CT molecular complexity index is 462. The van der Waals surface area contributed by atoms with Crippen LogP contribution in [0.25, 0.3) is 0 Å². The van der Waals surface area contributed by atoms with E-state index in [1.54, 1.807) is 0 Å². The molecule has 0 aromatic rings. The first-order valence-electron chi connectivity index (χ1n) is 9.37. The molecule has 1 fully saturated rings. The summed E-state index contributed by atoms with van der Waals surface area (Å²) in [5.41, 5.74) is -1.25. The highest BCUT2D eigenvalue weighted by Gasteiger charge is 2.29. The number of hydrogen-bond donors (Lipinski definition) is 3. The molecule has 1 heterocycles. The van der Waals surface area contributed by atoms with Crippen LogP contribution in [0.1, 0.15) is 60.8 Å². The minimum atomic E-state index is -0.755. The molecule has 1 amide bonds. The molecule has 1 saturated heterocycles. The molecule has 0 spiro atoms. The first-order valence-corrected chi connectivity index (χ1v) is 9.37. The van der Waals surface area contributed by atoms with Gasteiger partial charge >= 0.3 is 6.09 Å². The lowest BCUT2D eigenvalue weighted by Gasteiger charge is -2.26. The Kier molecular flexibility index (Phi) is 10.8. The van der Waals surface area contributed by atoms with Crippen LogP contribution in [0.4, 0.5) is 4.79 Å². The molecule has 3 N–H and O–H groups in total. The first-order chi connectivity index (χ1) is 11.6. The quantitative estimate of drug-likeness (QED) is 0.307. The van der Waals surface area contributed by atoms with Gasteiger partial charge in [-0.25, -0.2) is 4.79 Å². The van der Waals surface area contributed by atoms with E-state index in [4.69, 9.17) is 4.74 Å². The van der Waals surface area contributed by atoms with Crippen molar-refractivity contribution in [3.63, 3.8) is 0 Å². The van der Waals surface area contributed by atoms with Crippen LogP contribution < -0.4 is 10.6 Å². The summed E-state index contributed by atoms with van der Waals surface area (Å²) in [5.74, 6) is 0.788. The molecule has 26 heavy (non-hydrogen) atoms. The van der Waals surface area contributed by atoms with Crippen LogP contribution >= 0.6 is 24.0 Å². The maximum Gasteiger partial charge on any atom is 0.407 e. The molecular formula is C18H37IN4O3. The summed E-state index contributed by atoms with van der Waals surface area (Å²) in [6, 6.07) is 0.0370. The van der Waals surface area contributed by atoms with Crippen LogP contribution in [0.5, 0.6) is 0 Å². The lowest BCUT2D eigenvalue weighted by atomic mass is 9.98. The van der Waals surface area contributed by atoms with Gasteiger partial charge in [0.1, 0.15) is 5.60 Å². The maximum absolute atomic E-state index is 11.9. The van der Waals surface area contributed by atoms with Gasteiger partial charge in [-0.2, -0.15) is 0 Å². The molecule has 1 unspecified atom stereocenters. The van der Waals surface area contributed by atoms with E-state index in [-0.39, 0.29) is 36.1 Å². The molecule has 0 saturated carbocycles. The number of aliphatic imine (C=N–C) groups is 1. The average Bonchev–Trinajstić information content (AvgIpc) is 2.97. The summed E-state index contributed by atoms with van der Waals surface area (Å²) < 4.78 is 5.32. The maximum atomic E-state index is 11.9. The van der Waals surface area contributed by atoms with Gasteiger partial charge in [0.05, 0.1) is 18.2 Å². The molecule has 0 aromatic heterocycles. The number of carbonyl (C=O) groups excluding carboxylic acids is 1. The lowest BCUT2D eigenvalue weighted by Crippen LogP contribution is -2.45. The fourth-order valence-electron chi connectivity index (χ4n) is 2.67. The molecule has 7 nitrogen and oxygen atoms in total. The summed E-state index contributed by atoms with van der Waals surface area (Å²) in [7, 11) is 0. The molecule has 8 heteroatoms. The van der Waals surface area contributed by atoms with E-state index >= 15 is 0 Å². The minimum absolute atomic E-state index is 0. The van der Waals surface area contributed by atoms with Gasteiger partial charge in [0.2, 0.25) is 0 Å². The summed E-state index contributed by atoms with van der Waals surface area (Å²) in [4.78, 5) is 18.7. The third kappa shape index (κ3) is 8.75. The van der Waals surface area contributed by atoms with Crippen LogP contribution in [-0.4, -0.2) is 65.5 Å². The predicted octanol–water partition coefficient (Wildman–Crippen LogP) is 2.72. The van der Waals surface area contributed by atoms with Crippen LogP contribution in [0.15, 0.2) is 4.99 Å². The van der Waals surface area contributed by atoms with E-state index in [1.807, 2.05) is 41.5 Å². The molecule has 0 radical (unpaired) electrons. The third-order valence-electron chi connectivity index (χ3n) is 4.38. The highest BCUT2D eigenvalue weighted by Crippen LogP contribution is 2.16. The zero-order chi connectivity index (χ0) is 19.1. The van der Waals surface area contributed by atoms with Crippen LogP contribution in [-0.2, 0) is 4.74 Å². The summed E-state index contributed by atoms with van der Waals surface area (Å²) >= 11 is 0. The van der Waals surface area contributed by atoms with Gasteiger partial charge in [0.15, 0.2) is 5.96 Å². The van der Waals surface area contributed by atoms with Crippen LogP contribution in [0.2, 0.25) is 0 Å². The van der Waals surface area contributed by atoms with Crippen molar-refractivity contribution in [1.29, 1.82) is 0 Å². The Morgan fingerprint density at radius 3 is 2.38 bits per heavy atom. The number of nitrogens with zero attached hydrogens (tertiary/aromatic N) is 2. The van der Waals surface area contributed by atoms with Crippen molar-refractivity contribution in [1.82, 2.24) is 15.5 Å². The Balaban J connectivity index is 0.00000625. The van der Waals surface area contributed by atoms with Crippen molar-refractivity contribution in [2.45, 2.75) is 78.0 Å². The third-order valence-corrected chi connectivity index (χ3v) is 4.38. The van der Waals surface area contributed by atoms with E-state index < -0.39 is 11.2 Å². The number of amides is 1. The number of alkyl carbamates (subject to hydrolysis) is 1. The van der Waals surface area contributed by atoms with Gasteiger partial charge in [-0.1, -0.05) is 13.8 Å². The van der Waals surface area contributed by atoms with E-state index in [1.165, 1.54) is 0 Å². The minimum Gasteiger partial charge on any atom is -0.444 e. The lowest BCUT2D eigenvalue weighted by molar-refractivity contribution is 0.0416. The average molecular weight is 484 g/mol. The second-order valence-electron chi connectivity index (χ2n) is 7.68. The molecule has 154 valence electrons. The molecule has 1 rings (SSSR count). The zero-order valence-corrected chi connectivity index (χ0v) is 19.4. The number of carbonyl (C=O) groups is 1. The van der Waals surface area contributed by atoms with E-state index in [9.17, 15) is 9.90 Å². The number of halogens is 1. The fraction of sp³-hybridized carbons (Fsp3) is 0.889. The smallest absolute Gasteiger partial charge is 0.407 e. The van der Waals surface area contributed by atoms with Crippen molar-refractivity contribution < 1.29 is 14.6 Å². The highest BCUT2D eigenvalue weighted by molar-refractivity contribution is 14.0. The molecule has 1 aliphatic heterocycles. The fourth-order valence-corrected chi connectivity index (χ4v) is 2.67. The van der Waals surface area contributed by atoms with Crippen LogP contribution in [0, 0.1) is 0 Å². The largest absolute Gasteiger partial charge is 0.444 e. The number of likely N-dealkylation sites (tertiary alicyclic amines) is 1. The number of aliphatic hydroxyl groups is 1. The molecule has 1 aliphatic rings. The van der Waals surface area contributed by atoms with Gasteiger partial charge in [0, 0.05) is 19.6 Å². The van der Waals surface area contributed by atoms with Crippen molar-refractivity contribution >= 4 is 36.0 Å². The standard InChI is InChI=1S/C18H36N4O3.HI/c1-7-18(24,8-2)13-20-15(19-9-3)22-11-10-14(12-22)21-16(23)25-17(4,5)6;/h14,24H,7-13H2,1-6H3,(H,19,20)(H,21,23);1H. The Labute approximate surface area is 175 Å². The first kappa shape index (κ1) is 25.2. The Morgan fingerprint density at radius 1 is 1.27 bits per heavy atom. The van der Waals surface area contributed by atoms with Gasteiger partial charge in [0.25, 0.3) is 0 Å². The summed E-state index contributed by atoms with van der Waals surface area (Å²) in [6.45, 7) is 14.2. The predicted molar refractivity (Wildman–Crippen MR) is 116 cm³/mol. The molecule has 1 atom stereocenters. The number of guanidine groups is 1. The monoisotopic (exact) mass is 484 g/mol. The second-order valence-corrected chi connectivity index (χ2v) is 7.68. The van der Waals surface area contributed by atoms with Crippen molar-refractivity contribution in [2.24, 2.45) is 4.99 Å². The summed E-state index contributed by atoms with van der Waals surface area (Å²) in [6.07, 6.45) is 1.81. The Hall–Kier alpha value is -0.770. The van der Waals surface area contributed by atoms with Gasteiger partial charge in [-0.15, -0.1) is 24.0 Å². The molecule has 0 aromatic carbocycles. The number of nitrogens with one attached hydrogen (secondary N) is 2. The summed E-state index contributed by atoms with van der Waals surface area (Å²) in [5, 5.41) is 16.6. The van der Waals surface area contributed by atoms with Gasteiger partial charge in [-0.3, -0.25) is 4.99 Å². The second kappa shape index (κ2) is 11.2. The molecule has 0 aliphatic carbocycles. The zero-order valence-electron chi connectivity index (χ0n) is 17.1. The highest BCUT2D eigenvalue weighted by atomic mass is 127. The van der Waals surface area contributed by atoms with Crippen molar-refractivity contribution in [3.05, 3.63) is 0 Å². The Morgan fingerprint density at radius 2 is 1.88 bits per heavy atom. The SMILES string of the molecule is CCNC(=NCC(O)(CC)CC)N1CCC(NC(=O)OC(C)(C)C)C1.I. The topological polar surface area (TPSA) is 86.2 Å². The number of ether oxygens (including phenoxy) is 1. The number of rotatable bonds is 6. The van der Waals surface area contributed by atoms with Gasteiger partial charge in [-0.05, 0) is 47.0 Å². The van der Waals surface area contributed by atoms with Crippen molar-refractivity contribution in [3.8, 4) is 0 Å². The number of hydrogen-bond acceptors (Lipinski definition) is 4. The van der Waals surface area contributed by atoms with E-state index in [0.29, 0.717) is 25.9 Å². The molecule has 0 bridgehead atoms. The molecular weight excluding hydrogens is 447 g/mol. The normalized spacial score (nSPS) is 18.3. The van der Waals surface area contributed by atoms with Crippen LogP contribution in [0.3, 0.4) is 0 Å².